The number of alkyl halides is 2. The molecule has 0 spiro atoms. The Morgan fingerprint density at radius 2 is 2.25 bits per heavy atom. The third-order valence-corrected chi connectivity index (χ3v) is 4.12. The molecule has 94 valence electrons. The van der Waals surface area contributed by atoms with Gasteiger partial charge in [0.2, 0.25) is 0 Å². The van der Waals surface area contributed by atoms with Gasteiger partial charge < -0.3 is 10.6 Å². The smallest absolute Gasteiger partial charge is 0.255 e. The zero-order chi connectivity index (χ0) is 12.0. The molecule has 16 heavy (non-hydrogen) atoms. The highest BCUT2D eigenvalue weighted by molar-refractivity contribution is 8.00. The summed E-state index contributed by atoms with van der Waals surface area (Å²) in [4.78, 5) is 3.90. The summed E-state index contributed by atoms with van der Waals surface area (Å²) in [5, 5.41) is 5.68. The fourth-order valence-electron chi connectivity index (χ4n) is 1.64. The van der Waals surface area contributed by atoms with Gasteiger partial charge in [-0.1, -0.05) is 0 Å². The van der Waals surface area contributed by atoms with E-state index in [9.17, 15) is 8.78 Å². The topological polar surface area (TPSA) is 36.4 Å². The maximum atomic E-state index is 12.0. The van der Waals surface area contributed by atoms with Crippen LogP contribution < -0.4 is 10.6 Å². The number of rotatable bonds is 4. The van der Waals surface area contributed by atoms with Crippen molar-refractivity contribution in [3.05, 3.63) is 0 Å². The second-order valence-electron chi connectivity index (χ2n) is 4.10. The summed E-state index contributed by atoms with van der Waals surface area (Å²) in [7, 11) is 1.59. The molecule has 0 aromatic rings. The van der Waals surface area contributed by atoms with Gasteiger partial charge in [-0.3, -0.25) is 4.99 Å². The van der Waals surface area contributed by atoms with Gasteiger partial charge in [0.15, 0.2) is 5.96 Å². The van der Waals surface area contributed by atoms with Gasteiger partial charge in [-0.2, -0.15) is 11.8 Å². The van der Waals surface area contributed by atoms with Crippen LogP contribution in [0.3, 0.4) is 0 Å². The number of halogens is 2. The maximum absolute atomic E-state index is 12.0. The van der Waals surface area contributed by atoms with Crippen LogP contribution in [0.5, 0.6) is 0 Å². The molecule has 0 aliphatic carbocycles. The molecule has 1 unspecified atom stereocenters. The molecule has 0 amide bonds. The van der Waals surface area contributed by atoms with Crippen molar-refractivity contribution in [1.29, 1.82) is 0 Å². The lowest BCUT2D eigenvalue weighted by Gasteiger charge is -2.24. The molecule has 0 bridgehead atoms. The Hall–Kier alpha value is -0.520. The Morgan fingerprint density at radius 3 is 2.75 bits per heavy atom. The average Bonchev–Trinajstić information content (AvgIpc) is 2.65. The van der Waals surface area contributed by atoms with Crippen LogP contribution in [-0.2, 0) is 0 Å². The van der Waals surface area contributed by atoms with Gasteiger partial charge in [0.25, 0.3) is 6.43 Å². The highest BCUT2D eigenvalue weighted by Crippen LogP contribution is 2.36. The van der Waals surface area contributed by atoms with E-state index in [1.807, 2.05) is 11.8 Å². The average molecular weight is 251 g/mol. The zero-order valence-electron chi connectivity index (χ0n) is 9.72. The fraction of sp³-hybridized carbons (Fsp3) is 0.900. The van der Waals surface area contributed by atoms with Crippen molar-refractivity contribution in [2.24, 2.45) is 4.99 Å². The zero-order valence-corrected chi connectivity index (χ0v) is 10.5. The summed E-state index contributed by atoms with van der Waals surface area (Å²) in [5.74, 6) is 1.63. The quantitative estimate of drug-likeness (QED) is 0.590. The van der Waals surface area contributed by atoms with E-state index in [-0.39, 0.29) is 11.3 Å². The number of aliphatic imine (C=N–C) groups is 1. The molecule has 1 aliphatic heterocycles. The van der Waals surface area contributed by atoms with E-state index in [4.69, 9.17) is 0 Å². The first-order valence-corrected chi connectivity index (χ1v) is 6.41. The molecule has 6 heteroatoms. The van der Waals surface area contributed by atoms with Crippen LogP contribution in [0.15, 0.2) is 4.99 Å². The van der Waals surface area contributed by atoms with Gasteiger partial charge in [-0.25, -0.2) is 8.78 Å². The largest absolute Gasteiger partial charge is 0.355 e. The second-order valence-corrected chi connectivity index (χ2v) is 5.78. The van der Waals surface area contributed by atoms with Crippen molar-refractivity contribution in [3.63, 3.8) is 0 Å². The first kappa shape index (κ1) is 13.5. The molecule has 2 N–H and O–H groups in total. The first-order valence-electron chi connectivity index (χ1n) is 5.42. The normalized spacial score (nSPS) is 26.2. The van der Waals surface area contributed by atoms with Crippen LogP contribution in [0.4, 0.5) is 8.78 Å². The molecule has 1 saturated heterocycles. The molecular weight excluding hydrogens is 232 g/mol. The summed E-state index contributed by atoms with van der Waals surface area (Å²) >= 11 is 1.93. The van der Waals surface area contributed by atoms with E-state index in [0.717, 1.165) is 13.0 Å². The minimum absolute atomic E-state index is 0.211. The monoisotopic (exact) mass is 251 g/mol. The van der Waals surface area contributed by atoms with E-state index in [1.54, 1.807) is 7.05 Å². The van der Waals surface area contributed by atoms with Crippen molar-refractivity contribution < 1.29 is 8.78 Å². The molecular formula is C10H19F2N3S. The standard InChI is InChI=1S/C10H19F2N3S/c1-10(4-3-5-16-10)7-15-9(13-2)14-6-8(11)12/h8H,3-7H2,1-2H3,(H2,13,14,15). The number of thioether (sulfide) groups is 1. The molecule has 1 fully saturated rings. The number of guanidine groups is 1. The van der Waals surface area contributed by atoms with Crippen molar-refractivity contribution in [2.75, 3.05) is 25.9 Å². The van der Waals surface area contributed by atoms with Crippen LogP contribution in [0.25, 0.3) is 0 Å². The highest BCUT2D eigenvalue weighted by Gasteiger charge is 2.29. The summed E-state index contributed by atoms with van der Waals surface area (Å²) in [6, 6.07) is 0. The predicted octanol–water partition coefficient (Wildman–Crippen LogP) is 1.70. The second kappa shape index (κ2) is 6.27. The molecule has 0 saturated carbocycles. The number of hydrogen-bond acceptors (Lipinski definition) is 2. The molecule has 0 radical (unpaired) electrons. The van der Waals surface area contributed by atoms with Gasteiger partial charge >= 0.3 is 0 Å². The lowest BCUT2D eigenvalue weighted by atomic mass is 10.1. The summed E-state index contributed by atoms with van der Waals surface area (Å²) < 4.78 is 24.2. The molecule has 1 atom stereocenters. The minimum atomic E-state index is -2.35. The minimum Gasteiger partial charge on any atom is -0.355 e. The van der Waals surface area contributed by atoms with E-state index < -0.39 is 6.43 Å². The Labute approximate surface area is 99.5 Å². The third-order valence-electron chi connectivity index (χ3n) is 2.58. The Morgan fingerprint density at radius 1 is 1.50 bits per heavy atom. The maximum Gasteiger partial charge on any atom is 0.255 e. The molecule has 1 aliphatic rings. The third kappa shape index (κ3) is 4.55. The van der Waals surface area contributed by atoms with Crippen LogP contribution in [0.1, 0.15) is 19.8 Å². The van der Waals surface area contributed by atoms with Gasteiger partial charge in [-0.15, -0.1) is 0 Å². The van der Waals surface area contributed by atoms with E-state index >= 15 is 0 Å². The Bertz CT molecular complexity index is 240. The Balaban J connectivity index is 2.28. The van der Waals surface area contributed by atoms with E-state index in [1.165, 1.54) is 12.2 Å². The van der Waals surface area contributed by atoms with E-state index in [0.29, 0.717) is 5.96 Å². The van der Waals surface area contributed by atoms with Crippen LogP contribution >= 0.6 is 11.8 Å². The van der Waals surface area contributed by atoms with Crippen molar-refractivity contribution in [1.82, 2.24) is 10.6 Å². The SMILES string of the molecule is CN=C(NCC(F)F)NCC1(C)CCCS1. The van der Waals surface area contributed by atoms with E-state index in [2.05, 4.69) is 22.5 Å². The fourth-order valence-corrected chi connectivity index (χ4v) is 2.89. The van der Waals surface area contributed by atoms with Crippen LogP contribution in [-0.4, -0.2) is 43.0 Å². The molecule has 0 aromatic carbocycles. The first-order chi connectivity index (χ1) is 7.56. The summed E-state index contributed by atoms with van der Waals surface area (Å²) in [6.45, 7) is 2.60. The van der Waals surface area contributed by atoms with Crippen molar-refractivity contribution in [3.8, 4) is 0 Å². The predicted molar refractivity (Wildman–Crippen MR) is 65.5 cm³/mol. The molecule has 1 rings (SSSR count). The number of nitrogens with one attached hydrogen (secondary N) is 2. The molecule has 1 heterocycles. The summed E-state index contributed by atoms with van der Waals surface area (Å²) in [6.07, 6.45) is 0.0394. The van der Waals surface area contributed by atoms with Gasteiger partial charge in [0, 0.05) is 18.3 Å². The van der Waals surface area contributed by atoms with Crippen LogP contribution in [0.2, 0.25) is 0 Å². The molecule has 3 nitrogen and oxygen atoms in total. The van der Waals surface area contributed by atoms with Crippen molar-refractivity contribution in [2.45, 2.75) is 30.9 Å². The van der Waals surface area contributed by atoms with Gasteiger partial charge in [-0.05, 0) is 25.5 Å². The van der Waals surface area contributed by atoms with Crippen LogP contribution in [0, 0.1) is 0 Å². The van der Waals surface area contributed by atoms with Crippen molar-refractivity contribution >= 4 is 17.7 Å². The van der Waals surface area contributed by atoms with Gasteiger partial charge in [0.1, 0.15) is 0 Å². The molecule has 0 aromatic heterocycles. The summed E-state index contributed by atoms with van der Waals surface area (Å²) in [5.41, 5.74) is 0. The lowest BCUT2D eigenvalue weighted by molar-refractivity contribution is 0.152. The Kier molecular flexibility index (Phi) is 5.31. The number of nitrogens with zero attached hydrogens (tertiary/aromatic N) is 1. The highest BCUT2D eigenvalue weighted by atomic mass is 32.2. The number of hydrogen-bond donors (Lipinski definition) is 2. The lowest BCUT2D eigenvalue weighted by Crippen LogP contribution is -2.44. The van der Waals surface area contributed by atoms with Gasteiger partial charge in [0.05, 0.1) is 6.54 Å².